The third-order valence-electron chi connectivity index (χ3n) is 6.40. The van der Waals surface area contributed by atoms with Crippen molar-refractivity contribution < 1.29 is 14.3 Å². The van der Waals surface area contributed by atoms with Gasteiger partial charge in [0.25, 0.3) is 0 Å². The lowest BCUT2D eigenvalue weighted by Gasteiger charge is -2.46. The predicted octanol–water partition coefficient (Wildman–Crippen LogP) is 1.48. The second kappa shape index (κ2) is 7.60. The van der Waals surface area contributed by atoms with E-state index in [2.05, 4.69) is 34.9 Å². The van der Waals surface area contributed by atoms with Crippen LogP contribution in [0.4, 0.5) is 0 Å². The number of rotatable bonds is 3. The molecule has 0 aromatic heterocycles. The van der Waals surface area contributed by atoms with Crippen LogP contribution in [-0.4, -0.2) is 55.1 Å². The van der Waals surface area contributed by atoms with Crippen LogP contribution in [-0.2, 0) is 14.3 Å². The summed E-state index contributed by atoms with van der Waals surface area (Å²) in [5.41, 5.74) is 0.852. The standard InChI is InChI=1S/C21H29N3O3/c1-15(25)23-21-13-22-19(16-5-3-2-4-6-16)18(21)7-10-24(14-21)20(26)17-8-11-27-12-9-17/h2-6,17-19,22H,7-14H2,1H3,(H,23,25)/t18-,19-,21+/m1/s1. The number of amides is 2. The summed E-state index contributed by atoms with van der Waals surface area (Å²) in [6, 6.07) is 10.6. The first kappa shape index (κ1) is 18.4. The molecule has 4 rings (SSSR count). The van der Waals surface area contributed by atoms with Gasteiger partial charge in [-0.25, -0.2) is 0 Å². The van der Waals surface area contributed by atoms with Gasteiger partial charge in [0.15, 0.2) is 0 Å². The van der Waals surface area contributed by atoms with Crippen LogP contribution < -0.4 is 10.6 Å². The summed E-state index contributed by atoms with van der Waals surface area (Å²) < 4.78 is 5.40. The summed E-state index contributed by atoms with van der Waals surface area (Å²) in [6.45, 7) is 4.94. The minimum absolute atomic E-state index is 0.0316. The third kappa shape index (κ3) is 3.60. The Labute approximate surface area is 160 Å². The van der Waals surface area contributed by atoms with Gasteiger partial charge in [0.05, 0.1) is 5.54 Å². The van der Waals surface area contributed by atoms with Crippen LogP contribution >= 0.6 is 0 Å². The smallest absolute Gasteiger partial charge is 0.225 e. The molecule has 1 aromatic carbocycles. The van der Waals surface area contributed by atoms with E-state index >= 15 is 0 Å². The minimum atomic E-state index is -0.397. The molecule has 146 valence electrons. The van der Waals surface area contributed by atoms with Crippen molar-refractivity contribution in [3.8, 4) is 0 Å². The first-order chi connectivity index (χ1) is 13.1. The van der Waals surface area contributed by atoms with Gasteiger partial charge in [0, 0.05) is 57.6 Å². The van der Waals surface area contributed by atoms with Crippen molar-refractivity contribution in [1.82, 2.24) is 15.5 Å². The van der Waals surface area contributed by atoms with Crippen molar-refractivity contribution in [2.24, 2.45) is 11.8 Å². The number of likely N-dealkylation sites (tertiary alicyclic amines) is 1. The number of carbonyl (C=O) groups is 2. The Hall–Kier alpha value is -1.92. The molecule has 0 unspecified atom stereocenters. The lowest BCUT2D eigenvalue weighted by Crippen LogP contribution is -2.64. The zero-order chi connectivity index (χ0) is 18.9. The molecule has 3 aliphatic heterocycles. The molecule has 6 nitrogen and oxygen atoms in total. The van der Waals surface area contributed by atoms with Crippen LogP contribution in [0, 0.1) is 11.8 Å². The van der Waals surface area contributed by atoms with Crippen LogP contribution in [0.2, 0.25) is 0 Å². The number of benzene rings is 1. The molecule has 2 amide bonds. The van der Waals surface area contributed by atoms with E-state index in [9.17, 15) is 9.59 Å². The van der Waals surface area contributed by atoms with Crippen molar-refractivity contribution in [3.63, 3.8) is 0 Å². The quantitative estimate of drug-likeness (QED) is 0.844. The minimum Gasteiger partial charge on any atom is -0.381 e. The first-order valence-electron chi connectivity index (χ1n) is 10.0. The second-order valence-corrected chi connectivity index (χ2v) is 8.15. The van der Waals surface area contributed by atoms with Crippen LogP contribution in [0.25, 0.3) is 0 Å². The Kier molecular flexibility index (Phi) is 5.19. The van der Waals surface area contributed by atoms with Gasteiger partial charge in [0.2, 0.25) is 11.8 Å². The first-order valence-corrected chi connectivity index (χ1v) is 10.0. The van der Waals surface area contributed by atoms with Crippen molar-refractivity contribution in [2.45, 2.75) is 37.8 Å². The van der Waals surface area contributed by atoms with Crippen LogP contribution in [0.15, 0.2) is 30.3 Å². The van der Waals surface area contributed by atoms with E-state index in [1.807, 2.05) is 11.0 Å². The molecular formula is C21H29N3O3. The Bertz CT molecular complexity index is 689. The van der Waals surface area contributed by atoms with Crippen LogP contribution in [0.1, 0.15) is 37.8 Å². The molecule has 3 heterocycles. The number of hydrogen-bond donors (Lipinski definition) is 2. The number of fused-ring (bicyclic) bond motifs is 1. The third-order valence-corrected chi connectivity index (χ3v) is 6.40. The highest BCUT2D eigenvalue weighted by molar-refractivity contribution is 5.80. The zero-order valence-corrected chi connectivity index (χ0v) is 15.9. The van der Waals surface area contributed by atoms with Crippen LogP contribution in [0.5, 0.6) is 0 Å². The number of nitrogens with one attached hydrogen (secondary N) is 2. The van der Waals surface area contributed by atoms with E-state index in [-0.39, 0.29) is 29.7 Å². The van der Waals surface area contributed by atoms with Gasteiger partial charge in [-0.3, -0.25) is 9.59 Å². The van der Waals surface area contributed by atoms with E-state index in [1.54, 1.807) is 6.92 Å². The van der Waals surface area contributed by atoms with Crippen molar-refractivity contribution in [1.29, 1.82) is 0 Å². The SMILES string of the molecule is CC(=O)N[C@]12CN[C@H](c3ccccc3)[C@H]1CCN(C(=O)C1CCOCC1)C2. The van der Waals surface area contributed by atoms with Gasteiger partial charge in [-0.05, 0) is 24.8 Å². The maximum Gasteiger partial charge on any atom is 0.225 e. The normalized spacial score (nSPS) is 31.4. The zero-order valence-electron chi connectivity index (χ0n) is 15.9. The van der Waals surface area contributed by atoms with Crippen molar-refractivity contribution in [3.05, 3.63) is 35.9 Å². The van der Waals surface area contributed by atoms with Crippen LogP contribution in [0.3, 0.4) is 0 Å². The summed E-state index contributed by atoms with van der Waals surface area (Å²) in [5, 5.41) is 6.85. The second-order valence-electron chi connectivity index (χ2n) is 8.15. The van der Waals surface area contributed by atoms with E-state index < -0.39 is 5.54 Å². The molecule has 1 aromatic rings. The van der Waals surface area contributed by atoms with Crippen molar-refractivity contribution >= 4 is 11.8 Å². The van der Waals surface area contributed by atoms with E-state index in [4.69, 9.17) is 4.74 Å². The fraction of sp³-hybridized carbons (Fsp3) is 0.619. The lowest BCUT2D eigenvalue weighted by molar-refractivity contribution is -0.143. The Morgan fingerprint density at radius 2 is 1.93 bits per heavy atom. The summed E-state index contributed by atoms with van der Waals surface area (Å²) in [6.07, 6.45) is 2.50. The van der Waals surface area contributed by atoms with E-state index in [0.29, 0.717) is 26.3 Å². The highest BCUT2D eigenvalue weighted by atomic mass is 16.5. The molecular weight excluding hydrogens is 342 g/mol. The predicted molar refractivity (Wildman–Crippen MR) is 102 cm³/mol. The van der Waals surface area contributed by atoms with Gasteiger partial charge >= 0.3 is 0 Å². The molecule has 3 fully saturated rings. The molecule has 0 radical (unpaired) electrons. The summed E-state index contributed by atoms with van der Waals surface area (Å²) in [4.78, 5) is 27.1. The van der Waals surface area contributed by atoms with E-state index in [1.165, 1.54) is 5.56 Å². The largest absolute Gasteiger partial charge is 0.381 e. The maximum absolute atomic E-state index is 13.1. The van der Waals surface area contributed by atoms with Gasteiger partial charge in [-0.15, -0.1) is 0 Å². The number of carbonyl (C=O) groups excluding carboxylic acids is 2. The molecule has 3 saturated heterocycles. The van der Waals surface area contributed by atoms with Gasteiger partial charge in [0.1, 0.15) is 0 Å². The lowest BCUT2D eigenvalue weighted by atomic mass is 9.75. The maximum atomic E-state index is 13.1. The molecule has 27 heavy (non-hydrogen) atoms. The average Bonchev–Trinajstić information content (AvgIpc) is 3.06. The van der Waals surface area contributed by atoms with E-state index in [0.717, 1.165) is 25.8 Å². The Morgan fingerprint density at radius 1 is 1.19 bits per heavy atom. The topological polar surface area (TPSA) is 70.7 Å². The number of piperidine rings is 1. The molecule has 0 saturated carbocycles. The number of ether oxygens (including phenoxy) is 1. The molecule has 2 N–H and O–H groups in total. The monoisotopic (exact) mass is 371 g/mol. The molecule has 6 heteroatoms. The molecule has 3 atom stereocenters. The summed E-state index contributed by atoms with van der Waals surface area (Å²) >= 11 is 0. The van der Waals surface area contributed by atoms with Crippen molar-refractivity contribution in [2.75, 3.05) is 32.8 Å². The summed E-state index contributed by atoms with van der Waals surface area (Å²) in [7, 11) is 0. The van der Waals surface area contributed by atoms with Gasteiger partial charge < -0.3 is 20.3 Å². The van der Waals surface area contributed by atoms with Gasteiger partial charge in [-0.1, -0.05) is 30.3 Å². The Balaban J connectivity index is 1.55. The fourth-order valence-corrected chi connectivity index (χ4v) is 5.14. The molecule has 0 aliphatic carbocycles. The summed E-state index contributed by atoms with van der Waals surface area (Å²) in [5.74, 6) is 0.534. The Morgan fingerprint density at radius 3 is 2.63 bits per heavy atom. The van der Waals surface area contributed by atoms with Gasteiger partial charge in [-0.2, -0.15) is 0 Å². The fourth-order valence-electron chi connectivity index (χ4n) is 5.14. The number of hydrogen-bond acceptors (Lipinski definition) is 4. The molecule has 0 bridgehead atoms. The average molecular weight is 371 g/mol. The number of nitrogens with zero attached hydrogens (tertiary/aromatic N) is 1. The highest BCUT2D eigenvalue weighted by Gasteiger charge is 2.53. The molecule has 3 aliphatic rings. The highest BCUT2D eigenvalue weighted by Crippen LogP contribution is 2.42. The molecule has 0 spiro atoms.